The summed E-state index contributed by atoms with van der Waals surface area (Å²) in [6, 6.07) is 0. The van der Waals surface area contributed by atoms with Crippen molar-refractivity contribution in [3.63, 3.8) is 0 Å². The van der Waals surface area contributed by atoms with Crippen molar-refractivity contribution in [3.8, 4) is 0 Å². The monoisotopic (exact) mass is 154 g/mol. The van der Waals surface area contributed by atoms with E-state index in [0.717, 1.165) is 0 Å². The normalized spacial score (nSPS) is 13.1. The van der Waals surface area contributed by atoms with Gasteiger partial charge in [-0.3, -0.25) is 0 Å². The summed E-state index contributed by atoms with van der Waals surface area (Å²) < 4.78 is 5.18. The van der Waals surface area contributed by atoms with Crippen LogP contribution < -0.4 is 0 Å². The first-order chi connectivity index (χ1) is 5.06. The van der Waals surface area contributed by atoms with E-state index in [0.29, 0.717) is 6.61 Å². The summed E-state index contributed by atoms with van der Waals surface area (Å²) in [5.41, 5.74) is 0.218. The molecule has 0 radical (unpaired) electrons. The van der Waals surface area contributed by atoms with Gasteiger partial charge in [0, 0.05) is 0 Å². The van der Waals surface area contributed by atoms with Crippen molar-refractivity contribution in [2.24, 2.45) is 5.41 Å². The van der Waals surface area contributed by atoms with Crippen molar-refractivity contribution in [3.05, 3.63) is 24.5 Å². The predicted octanol–water partition coefficient (Wildman–Crippen LogP) is 3.14. The van der Waals surface area contributed by atoms with Gasteiger partial charge in [0.25, 0.3) is 0 Å². The van der Waals surface area contributed by atoms with Crippen LogP contribution in [0.25, 0.3) is 0 Å². The van der Waals surface area contributed by atoms with Crippen molar-refractivity contribution >= 4 is 0 Å². The molecular formula is C10H18O. The van der Waals surface area contributed by atoms with Crippen LogP contribution in [0, 0.1) is 5.41 Å². The van der Waals surface area contributed by atoms with Crippen molar-refractivity contribution in [2.45, 2.75) is 27.7 Å². The Morgan fingerprint density at radius 3 is 2.36 bits per heavy atom. The fourth-order valence-electron chi connectivity index (χ4n) is 0.460. The third-order valence-electron chi connectivity index (χ3n) is 1.09. The smallest absolute Gasteiger partial charge is 0.105 e. The van der Waals surface area contributed by atoms with Crippen LogP contribution in [0.2, 0.25) is 0 Å². The molecule has 1 nitrogen and oxygen atoms in total. The zero-order chi connectivity index (χ0) is 8.74. The number of hydrogen-bond donors (Lipinski definition) is 0. The zero-order valence-electron chi connectivity index (χ0n) is 7.92. The van der Waals surface area contributed by atoms with Gasteiger partial charge in [-0.1, -0.05) is 32.9 Å². The topological polar surface area (TPSA) is 9.23 Å². The van der Waals surface area contributed by atoms with Crippen LogP contribution in [-0.2, 0) is 4.74 Å². The molecule has 0 N–H and O–H groups in total. The molecule has 0 unspecified atom stereocenters. The lowest BCUT2D eigenvalue weighted by atomic mass is 9.97. The van der Waals surface area contributed by atoms with E-state index in [2.05, 4.69) is 26.8 Å². The maximum Gasteiger partial charge on any atom is 0.105 e. The van der Waals surface area contributed by atoms with Gasteiger partial charge >= 0.3 is 0 Å². The van der Waals surface area contributed by atoms with Crippen molar-refractivity contribution in [2.75, 3.05) is 6.61 Å². The van der Waals surface area contributed by atoms with E-state index in [1.807, 2.05) is 19.1 Å². The fourth-order valence-corrected chi connectivity index (χ4v) is 0.460. The number of hydrogen-bond acceptors (Lipinski definition) is 1. The summed E-state index contributed by atoms with van der Waals surface area (Å²) in [6.07, 6.45) is 7.77. The van der Waals surface area contributed by atoms with Crippen LogP contribution in [0.15, 0.2) is 24.5 Å². The van der Waals surface area contributed by atoms with Gasteiger partial charge in [0.05, 0.1) is 6.26 Å². The average molecular weight is 154 g/mol. The number of ether oxygens (including phenoxy) is 1. The van der Waals surface area contributed by atoms with Crippen LogP contribution in [0.4, 0.5) is 0 Å². The standard InChI is InChI=1S/C10H18O/c1-5-6-8-11-9-7-10(2,3)4/h5-7,9H,8H2,1-4H3/b6-5+,9-7?. The molecule has 1 heteroatoms. The molecular weight excluding hydrogens is 136 g/mol. The highest BCUT2D eigenvalue weighted by Gasteiger charge is 2.02. The lowest BCUT2D eigenvalue weighted by Gasteiger charge is -2.10. The molecule has 0 aromatic carbocycles. The SMILES string of the molecule is C/C=C/COC=CC(C)(C)C. The molecule has 0 amide bonds. The highest BCUT2D eigenvalue weighted by molar-refractivity contribution is 4.88. The van der Waals surface area contributed by atoms with E-state index in [4.69, 9.17) is 4.74 Å². The Bertz CT molecular complexity index is 137. The van der Waals surface area contributed by atoms with Gasteiger partial charge < -0.3 is 4.74 Å². The first-order valence-corrected chi connectivity index (χ1v) is 3.97. The van der Waals surface area contributed by atoms with E-state index in [1.165, 1.54) is 0 Å². The van der Waals surface area contributed by atoms with Gasteiger partial charge in [0.1, 0.15) is 6.61 Å². The lowest BCUT2D eigenvalue weighted by Crippen LogP contribution is -1.98. The molecule has 0 fully saturated rings. The van der Waals surface area contributed by atoms with Gasteiger partial charge in [0.2, 0.25) is 0 Å². The molecule has 0 aromatic heterocycles. The molecule has 0 rings (SSSR count). The lowest BCUT2D eigenvalue weighted by molar-refractivity contribution is 0.283. The Morgan fingerprint density at radius 1 is 1.27 bits per heavy atom. The second kappa shape index (κ2) is 5.00. The Balaban J connectivity index is 3.45. The maximum atomic E-state index is 5.18. The van der Waals surface area contributed by atoms with Crippen LogP contribution >= 0.6 is 0 Å². The quantitative estimate of drug-likeness (QED) is 0.345. The number of rotatable bonds is 3. The molecule has 0 spiro atoms. The Hall–Kier alpha value is -0.720. The summed E-state index contributed by atoms with van der Waals surface area (Å²) >= 11 is 0. The molecule has 0 bridgehead atoms. The highest BCUT2D eigenvalue weighted by Crippen LogP contribution is 2.13. The molecule has 0 aliphatic rings. The maximum absolute atomic E-state index is 5.18. The van der Waals surface area contributed by atoms with Crippen molar-refractivity contribution < 1.29 is 4.74 Å². The average Bonchev–Trinajstić information content (AvgIpc) is 1.85. The second-order valence-corrected chi connectivity index (χ2v) is 3.57. The molecule has 11 heavy (non-hydrogen) atoms. The van der Waals surface area contributed by atoms with Gasteiger partial charge in [0.15, 0.2) is 0 Å². The van der Waals surface area contributed by atoms with E-state index in [9.17, 15) is 0 Å². The summed E-state index contributed by atoms with van der Waals surface area (Å²) in [4.78, 5) is 0. The molecule has 0 atom stereocenters. The molecule has 0 saturated heterocycles. The summed E-state index contributed by atoms with van der Waals surface area (Å²) in [6.45, 7) is 9.08. The zero-order valence-corrected chi connectivity index (χ0v) is 7.92. The predicted molar refractivity (Wildman–Crippen MR) is 49.4 cm³/mol. The minimum Gasteiger partial charge on any atom is -0.497 e. The second-order valence-electron chi connectivity index (χ2n) is 3.57. The molecule has 0 saturated carbocycles. The summed E-state index contributed by atoms with van der Waals surface area (Å²) in [7, 11) is 0. The molecule has 64 valence electrons. The Morgan fingerprint density at radius 2 is 1.91 bits per heavy atom. The summed E-state index contributed by atoms with van der Waals surface area (Å²) in [5, 5.41) is 0. The third kappa shape index (κ3) is 9.28. The molecule has 0 aromatic rings. The first kappa shape index (κ1) is 10.3. The van der Waals surface area contributed by atoms with Gasteiger partial charge in [-0.2, -0.15) is 0 Å². The van der Waals surface area contributed by atoms with Gasteiger partial charge in [-0.15, -0.1) is 0 Å². The van der Waals surface area contributed by atoms with E-state index >= 15 is 0 Å². The van der Waals surface area contributed by atoms with Crippen molar-refractivity contribution in [1.29, 1.82) is 0 Å². The van der Waals surface area contributed by atoms with Gasteiger partial charge in [-0.25, -0.2) is 0 Å². The molecule has 0 heterocycles. The van der Waals surface area contributed by atoms with E-state index < -0.39 is 0 Å². The minimum atomic E-state index is 0.218. The minimum absolute atomic E-state index is 0.218. The van der Waals surface area contributed by atoms with Crippen LogP contribution in [0.1, 0.15) is 27.7 Å². The van der Waals surface area contributed by atoms with Crippen LogP contribution in [0.5, 0.6) is 0 Å². The number of allylic oxidation sites excluding steroid dienone is 2. The van der Waals surface area contributed by atoms with Crippen molar-refractivity contribution in [1.82, 2.24) is 0 Å². The van der Waals surface area contributed by atoms with Gasteiger partial charge in [-0.05, 0) is 18.4 Å². The van der Waals surface area contributed by atoms with E-state index in [1.54, 1.807) is 6.26 Å². The first-order valence-electron chi connectivity index (χ1n) is 3.97. The summed E-state index contributed by atoms with van der Waals surface area (Å²) in [5.74, 6) is 0. The molecule has 0 aliphatic carbocycles. The Labute approximate surface area is 69.8 Å². The van der Waals surface area contributed by atoms with Crippen LogP contribution in [0.3, 0.4) is 0 Å². The highest BCUT2D eigenvalue weighted by atomic mass is 16.5. The van der Waals surface area contributed by atoms with E-state index in [-0.39, 0.29) is 5.41 Å². The largest absolute Gasteiger partial charge is 0.497 e. The fraction of sp³-hybridized carbons (Fsp3) is 0.600. The van der Waals surface area contributed by atoms with Crippen LogP contribution in [-0.4, -0.2) is 6.61 Å². The third-order valence-corrected chi connectivity index (χ3v) is 1.09. The molecule has 0 aliphatic heterocycles. The Kier molecular flexibility index (Phi) is 4.67.